The summed E-state index contributed by atoms with van der Waals surface area (Å²) in [6, 6.07) is 4.24. The van der Waals surface area contributed by atoms with E-state index in [1.54, 1.807) is 0 Å². The van der Waals surface area contributed by atoms with Crippen LogP contribution in [0, 0.1) is 13.8 Å². The van der Waals surface area contributed by atoms with Crippen molar-refractivity contribution in [3.05, 3.63) is 34.5 Å². The predicted molar refractivity (Wildman–Crippen MR) is 68.5 cm³/mol. The molecule has 0 radical (unpaired) electrons. The van der Waals surface area contributed by atoms with Gasteiger partial charge in [-0.05, 0) is 25.0 Å². The van der Waals surface area contributed by atoms with Gasteiger partial charge in [-0.15, -0.1) is 0 Å². The van der Waals surface area contributed by atoms with E-state index in [0.717, 1.165) is 42.6 Å². The first-order valence-corrected chi connectivity index (χ1v) is 6.01. The largest absolute Gasteiger partial charge is 0.341 e. The van der Waals surface area contributed by atoms with Crippen molar-refractivity contribution in [2.24, 2.45) is 0 Å². The SMILES string of the molecule is Cc1ccc(C)c2c1c(C=O)c1n2CCNC1. The molecule has 0 spiro atoms. The van der Waals surface area contributed by atoms with Gasteiger partial charge < -0.3 is 9.88 Å². The first kappa shape index (κ1) is 10.5. The highest BCUT2D eigenvalue weighted by Gasteiger charge is 2.21. The average molecular weight is 228 g/mol. The Morgan fingerprint density at radius 3 is 2.82 bits per heavy atom. The third kappa shape index (κ3) is 1.35. The second-order valence-electron chi connectivity index (χ2n) is 4.73. The minimum atomic E-state index is 0.793. The maximum atomic E-state index is 11.4. The molecule has 0 aliphatic carbocycles. The molecule has 3 heteroatoms. The number of carbonyl (C=O) groups is 1. The van der Waals surface area contributed by atoms with Crippen molar-refractivity contribution in [1.82, 2.24) is 9.88 Å². The second kappa shape index (κ2) is 3.70. The van der Waals surface area contributed by atoms with E-state index in [1.165, 1.54) is 16.6 Å². The van der Waals surface area contributed by atoms with Gasteiger partial charge in [0.25, 0.3) is 0 Å². The number of hydrogen-bond donors (Lipinski definition) is 1. The average Bonchev–Trinajstić information content (AvgIpc) is 2.69. The number of aromatic nitrogens is 1. The summed E-state index contributed by atoms with van der Waals surface area (Å²) in [6.07, 6.45) is 1.01. The van der Waals surface area contributed by atoms with E-state index < -0.39 is 0 Å². The molecule has 3 nitrogen and oxygen atoms in total. The summed E-state index contributed by atoms with van der Waals surface area (Å²) < 4.78 is 2.30. The van der Waals surface area contributed by atoms with Crippen LogP contribution in [-0.2, 0) is 13.1 Å². The topological polar surface area (TPSA) is 34.0 Å². The third-order valence-electron chi connectivity index (χ3n) is 3.69. The smallest absolute Gasteiger partial charge is 0.152 e. The van der Waals surface area contributed by atoms with E-state index in [2.05, 4.69) is 35.9 Å². The van der Waals surface area contributed by atoms with Crippen LogP contribution in [0.1, 0.15) is 27.2 Å². The molecule has 0 saturated heterocycles. The summed E-state index contributed by atoms with van der Waals surface area (Å²) in [4.78, 5) is 11.4. The van der Waals surface area contributed by atoms with Crippen LogP contribution in [0.25, 0.3) is 10.9 Å². The van der Waals surface area contributed by atoms with Gasteiger partial charge in [-0.2, -0.15) is 0 Å². The fraction of sp³-hybridized carbons (Fsp3) is 0.357. The molecule has 0 atom stereocenters. The van der Waals surface area contributed by atoms with Gasteiger partial charge >= 0.3 is 0 Å². The van der Waals surface area contributed by atoms with Gasteiger partial charge in [0.05, 0.1) is 5.52 Å². The van der Waals surface area contributed by atoms with E-state index in [-0.39, 0.29) is 0 Å². The van der Waals surface area contributed by atoms with Crippen LogP contribution in [0.5, 0.6) is 0 Å². The van der Waals surface area contributed by atoms with Crippen LogP contribution in [0.3, 0.4) is 0 Å². The molecule has 2 heterocycles. The molecule has 1 aromatic heterocycles. The van der Waals surface area contributed by atoms with Crippen LogP contribution < -0.4 is 5.32 Å². The number of nitrogens with one attached hydrogen (secondary N) is 1. The van der Waals surface area contributed by atoms with Gasteiger partial charge in [0, 0.05) is 36.3 Å². The van der Waals surface area contributed by atoms with Crippen molar-refractivity contribution in [2.45, 2.75) is 26.9 Å². The zero-order chi connectivity index (χ0) is 12.0. The molecule has 1 aromatic carbocycles. The standard InChI is InChI=1S/C14H16N2O/c1-9-3-4-10(2)14-13(9)11(8-17)12-7-15-5-6-16(12)14/h3-4,8,15H,5-7H2,1-2H3. The van der Waals surface area contributed by atoms with E-state index in [1.807, 2.05) is 0 Å². The van der Waals surface area contributed by atoms with Gasteiger partial charge in [0.15, 0.2) is 6.29 Å². The van der Waals surface area contributed by atoms with Crippen LogP contribution >= 0.6 is 0 Å². The van der Waals surface area contributed by atoms with Crippen LogP contribution in [0.15, 0.2) is 12.1 Å². The summed E-state index contributed by atoms with van der Waals surface area (Å²) in [5, 5.41) is 4.47. The number of carbonyl (C=O) groups excluding carboxylic acids is 1. The third-order valence-corrected chi connectivity index (χ3v) is 3.69. The number of hydrogen-bond acceptors (Lipinski definition) is 2. The molecular weight excluding hydrogens is 212 g/mol. The van der Waals surface area contributed by atoms with Crippen molar-refractivity contribution in [3.63, 3.8) is 0 Å². The number of aryl methyl sites for hydroxylation is 2. The lowest BCUT2D eigenvalue weighted by Crippen LogP contribution is -2.28. The molecule has 0 bridgehead atoms. The van der Waals surface area contributed by atoms with E-state index in [4.69, 9.17) is 0 Å². The van der Waals surface area contributed by atoms with Crippen LogP contribution in [0.4, 0.5) is 0 Å². The first-order chi connectivity index (χ1) is 8.24. The molecule has 2 aromatic rings. The quantitative estimate of drug-likeness (QED) is 0.759. The molecule has 1 aliphatic heterocycles. The van der Waals surface area contributed by atoms with Crippen molar-refractivity contribution >= 4 is 17.2 Å². The maximum absolute atomic E-state index is 11.4. The molecule has 17 heavy (non-hydrogen) atoms. The minimum Gasteiger partial charge on any atom is -0.341 e. The van der Waals surface area contributed by atoms with E-state index in [0.29, 0.717) is 0 Å². The van der Waals surface area contributed by atoms with Gasteiger partial charge in [0.1, 0.15) is 0 Å². The summed E-state index contributed by atoms with van der Waals surface area (Å²) in [7, 11) is 0. The van der Waals surface area contributed by atoms with Crippen molar-refractivity contribution in [1.29, 1.82) is 0 Å². The summed E-state index contributed by atoms with van der Waals surface area (Å²) in [5.41, 5.74) is 5.69. The molecule has 1 N–H and O–H groups in total. The second-order valence-corrected chi connectivity index (χ2v) is 4.73. The van der Waals surface area contributed by atoms with Crippen LogP contribution in [-0.4, -0.2) is 17.4 Å². The van der Waals surface area contributed by atoms with Gasteiger partial charge in [-0.3, -0.25) is 4.79 Å². The lowest BCUT2D eigenvalue weighted by Gasteiger charge is -2.18. The van der Waals surface area contributed by atoms with Gasteiger partial charge in [0.2, 0.25) is 0 Å². The zero-order valence-electron chi connectivity index (χ0n) is 10.2. The number of aldehydes is 1. The van der Waals surface area contributed by atoms with Crippen molar-refractivity contribution in [3.8, 4) is 0 Å². The Morgan fingerprint density at radius 1 is 1.29 bits per heavy atom. The number of rotatable bonds is 1. The first-order valence-electron chi connectivity index (χ1n) is 6.01. The van der Waals surface area contributed by atoms with Gasteiger partial charge in [-0.1, -0.05) is 12.1 Å². The Kier molecular flexibility index (Phi) is 2.30. The fourth-order valence-electron chi connectivity index (χ4n) is 2.87. The highest BCUT2D eigenvalue weighted by Crippen LogP contribution is 2.31. The van der Waals surface area contributed by atoms with Crippen molar-refractivity contribution < 1.29 is 4.79 Å². The molecule has 0 unspecified atom stereocenters. The number of fused-ring (bicyclic) bond motifs is 3. The fourth-order valence-corrected chi connectivity index (χ4v) is 2.87. The Morgan fingerprint density at radius 2 is 2.06 bits per heavy atom. The molecular formula is C14H16N2O. The monoisotopic (exact) mass is 228 g/mol. The highest BCUT2D eigenvalue weighted by molar-refractivity contribution is 6.02. The molecule has 3 rings (SSSR count). The Bertz CT molecular complexity index is 610. The molecule has 88 valence electrons. The summed E-state index contributed by atoms with van der Waals surface area (Å²) in [5.74, 6) is 0. The minimum absolute atomic E-state index is 0.793. The predicted octanol–water partition coefficient (Wildman–Crippen LogP) is 2.17. The summed E-state index contributed by atoms with van der Waals surface area (Å²) in [6.45, 7) is 6.91. The Balaban J connectivity index is 2.51. The Hall–Kier alpha value is -1.61. The van der Waals surface area contributed by atoms with Gasteiger partial charge in [-0.25, -0.2) is 0 Å². The highest BCUT2D eigenvalue weighted by atomic mass is 16.1. The molecule has 0 saturated carbocycles. The number of nitrogens with zero attached hydrogens (tertiary/aromatic N) is 1. The van der Waals surface area contributed by atoms with E-state index >= 15 is 0 Å². The lowest BCUT2D eigenvalue weighted by atomic mass is 10.0. The van der Waals surface area contributed by atoms with E-state index in [9.17, 15) is 4.79 Å². The normalized spacial score (nSPS) is 14.9. The molecule has 0 fully saturated rings. The Labute approximate surface area is 100 Å². The van der Waals surface area contributed by atoms with Crippen LogP contribution in [0.2, 0.25) is 0 Å². The lowest BCUT2D eigenvalue weighted by molar-refractivity contribution is 0.112. The number of benzene rings is 1. The zero-order valence-corrected chi connectivity index (χ0v) is 10.2. The molecule has 1 aliphatic rings. The van der Waals surface area contributed by atoms with Crippen molar-refractivity contribution in [2.75, 3.05) is 6.54 Å². The summed E-state index contributed by atoms with van der Waals surface area (Å²) >= 11 is 0. The molecule has 0 amide bonds. The maximum Gasteiger partial charge on any atom is 0.152 e.